The summed E-state index contributed by atoms with van der Waals surface area (Å²) >= 11 is 1.50. The van der Waals surface area contributed by atoms with Gasteiger partial charge in [0.25, 0.3) is 0 Å². The van der Waals surface area contributed by atoms with Gasteiger partial charge in [-0.1, -0.05) is 6.92 Å². The second kappa shape index (κ2) is 4.92. The maximum Gasteiger partial charge on any atom is 0.164 e. The molecule has 0 saturated heterocycles. The molecule has 0 saturated carbocycles. The molecule has 2 nitrogen and oxygen atoms in total. The van der Waals surface area contributed by atoms with Crippen LogP contribution in [0.5, 0.6) is 0 Å². The molecule has 0 spiro atoms. The number of carbonyl (C=O) groups is 2. The number of carbonyl (C=O) groups excluding carboxylic acids is 2. The molecule has 0 bridgehead atoms. The normalized spacial score (nSPS) is 12.4. The van der Waals surface area contributed by atoms with Crippen LogP contribution in [0.3, 0.4) is 0 Å². The summed E-state index contributed by atoms with van der Waals surface area (Å²) in [5.41, 5.74) is 0.727. The van der Waals surface area contributed by atoms with Gasteiger partial charge in [0.15, 0.2) is 5.78 Å². The lowest BCUT2D eigenvalue weighted by Gasteiger charge is -2.03. The van der Waals surface area contributed by atoms with Crippen molar-refractivity contribution in [2.24, 2.45) is 5.92 Å². The molecule has 0 aliphatic carbocycles. The fraction of sp³-hybridized carbons (Fsp3) is 0.400. The molecule has 0 aliphatic rings. The second-order valence-electron chi connectivity index (χ2n) is 2.94. The summed E-state index contributed by atoms with van der Waals surface area (Å²) in [7, 11) is 0. The summed E-state index contributed by atoms with van der Waals surface area (Å²) in [4.78, 5) is 22.0. The van der Waals surface area contributed by atoms with Gasteiger partial charge in [0.2, 0.25) is 0 Å². The molecule has 0 aromatic carbocycles. The van der Waals surface area contributed by atoms with Crippen LogP contribution in [0.25, 0.3) is 0 Å². The molecule has 70 valence electrons. The lowest BCUT2D eigenvalue weighted by atomic mass is 9.99. The second-order valence-corrected chi connectivity index (χ2v) is 3.72. The molecule has 1 rings (SSSR count). The molecule has 13 heavy (non-hydrogen) atoms. The molecule has 0 N–H and O–H groups in total. The number of thiophene rings is 1. The molecule has 0 unspecified atom stereocenters. The van der Waals surface area contributed by atoms with Crippen LogP contribution in [-0.2, 0) is 4.79 Å². The quantitative estimate of drug-likeness (QED) is 0.535. The summed E-state index contributed by atoms with van der Waals surface area (Å²) in [6.45, 7) is 1.92. The first kappa shape index (κ1) is 10.1. The van der Waals surface area contributed by atoms with Gasteiger partial charge in [0.05, 0.1) is 0 Å². The van der Waals surface area contributed by atoms with Crippen LogP contribution < -0.4 is 0 Å². The number of rotatable bonds is 5. The molecule has 0 fully saturated rings. The number of hydrogen-bond donors (Lipinski definition) is 0. The van der Waals surface area contributed by atoms with Crippen LogP contribution >= 0.6 is 11.3 Å². The zero-order valence-electron chi connectivity index (χ0n) is 7.53. The topological polar surface area (TPSA) is 34.1 Å². The third-order valence-electron chi connectivity index (χ3n) is 2.01. The first-order valence-electron chi connectivity index (χ1n) is 4.28. The minimum Gasteiger partial charge on any atom is -0.303 e. The molecule has 3 heteroatoms. The Hall–Kier alpha value is -0.960. The summed E-state index contributed by atoms with van der Waals surface area (Å²) in [6.07, 6.45) is 1.94. The van der Waals surface area contributed by atoms with Gasteiger partial charge in [-0.2, -0.15) is 11.3 Å². The van der Waals surface area contributed by atoms with Crippen molar-refractivity contribution in [1.29, 1.82) is 0 Å². The van der Waals surface area contributed by atoms with Crippen LogP contribution in [0.1, 0.15) is 30.1 Å². The van der Waals surface area contributed by atoms with Crippen molar-refractivity contribution < 1.29 is 9.59 Å². The molecule has 1 aromatic heterocycles. The third kappa shape index (κ3) is 2.77. The highest BCUT2D eigenvalue weighted by atomic mass is 32.1. The Kier molecular flexibility index (Phi) is 3.83. The maximum atomic E-state index is 11.5. The third-order valence-corrected chi connectivity index (χ3v) is 2.69. The minimum absolute atomic E-state index is 0.0696. The van der Waals surface area contributed by atoms with E-state index in [4.69, 9.17) is 0 Å². The van der Waals surface area contributed by atoms with E-state index in [2.05, 4.69) is 0 Å². The molecule has 1 atom stereocenters. The molecule has 1 heterocycles. The predicted molar refractivity (Wildman–Crippen MR) is 53.1 cm³/mol. The molecule has 0 radical (unpaired) electrons. The summed E-state index contributed by atoms with van der Waals surface area (Å²) in [5, 5.41) is 3.69. The molecule has 0 amide bonds. The van der Waals surface area contributed by atoms with E-state index in [1.807, 2.05) is 17.7 Å². The minimum atomic E-state index is -0.118. The van der Waals surface area contributed by atoms with Crippen LogP contribution in [0, 0.1) is 5.92 Å². The van der Waals surface area contributed by atoms with E-state index in [0.29, 0.717) is 6.42 Å². The average molecular weight is 196 g/mol. The smallest absolute Gasteiger partial charge is 0.164 e. The standard InChI is InChI=1S/C10H12O2S/c1-2-8(6-11)5-10(12)9-3-4-13-7-9/h3-4,6-8H,2,5H2,1H3/t8-/m1/s1. The molecular formula is C10H12O2S. The van der Waals surface area contributed by atoms with E-state index in [1.165, 1.54) is 11.3 Å². The monoisotopic (exact) mass is 196 g/mol. The Morgan fingerprint density at radius 2 is 2.46 bits per heavy atom. The SMILES string of the molecule is CC[C@@H](C=O)CC(=O)c1ccsc1. The van der Waals surface area contributed by atoms with Crippen LogP contribution in [0.15, 0.2) is 16.8 Å². The number of Topliss-reactive ketones (excluding diaryl/α,β-unsaturated/α-hetero) is 1. The van der Waals surface area contributed by atoms with Gasteiger partial charge < -0.3 is 4.79 Å². The number of hydrogen-bond acceptors (Lipinski definition) is 3. The highest BCUT2D eigenvalue weighted by Gasteiger charge is 2.12. The molecule has 1 aromatic rings. The van der Waals surface area contributed by atoms with Crippen molar-refractivity contribution in [3.63, 3.8) is 0 Å². The zero-order valence-corrected chi connectivity index (χ0v) is 8.34. The number of ketones is 1. The maximum absolute atomic E-state index is 11.5. The number of aldehydes is 1. The lowest BCUT2D eigenvalue weighted by Crippen LogP contribution is -2.08. The fourth-order valence-electron chi connectivity index (χ4n) is 1.07. The van der Waals surface area contributed by atoms with Gasteiger partial charge in [-0.15, -0.1) is 0 Å². The Morgan fingerprint density at radius 1 is 1.69 bits per heavy atom. The predicted octanol–water partition coefficient (Wildman–Crippen LogP) is 2.55. The van der Waals surface area contributed by atoms with E-state index in [9.17, 15) is 9.59 Å². The van der Waals surface area contributed by atoms with Gasteiger partial charge in [-0.25, -0.2) is 0 Å². The Balaban J connectivity index is 2.55. The van der Waals surface area contributed by atoms with Gasteiger partial charge in [-0.3, -0.25) is 4.79 Å². The van der Waals surface area contributed by atoms with Crippen molar-refractivity contribution in [3.8, 4) is 0 Å². The van der Waals surface area contributed by atoms with E-state index >= 15 is 0 Å². The largest absolute Gasteiger partial charge is 0.303 e. The van der Waals surface area contributed by atoms with Gasteiger partial charge in [-0.05, 0) is 17.9 Å². The van der Waals surface area contributed by atoms with Crippen molar-refractivity contribution in [2.75, 3.05) is 0 Å². The lowest BCUT2D eigenvalue weighted by molar-refractivity contribution is -0.111. The van der Waals surface area contributed by atoms with Gasteiger partial charge in [0, 0.05) is 23.3 Å². The summed E-state index contributed by atoms with van der Waals surface area (Å²) < 4.78 is 0. The average Bonchev–Trinajstić information content (AvgIpc) is 2.66. The first-order valence-corrected chi connectivity index (χ1v) is 5.23. The van der Waals surface area contributed by atoms with Gasteiger partial charge >= 0.3 is 0 Å². The summed E-state index contributed by atoms with van der Waals surface area (Å²) in [5.74, 6) is -0.0485. The summed E-state index contributed by atoms with van der Waals surface area (Å²) in [6, 6.07) is 1.80. The van der Waals surface area contributed by atoms with E-state index < -0.39 is 0 Å². The van der Waals surface area contributed by atoms with Crippen LogP contribution in [0.2, 0.25) is 0 Å². The van der Waals surface area contributed by atoms with Crippen molar-refractivity contribution in [2.45, 2.75) is 19.8 Å². The van der Waals surface area contributed by atoms with Gasteiger partial charge in [0.1, 0.15) is 6.29 Å². The van der Waals surface area contributed by atoms with Crippen LogP contribution in [0.4, 0.5) is 0 Å². The highest BCUT2D eigenvalue weighted by molar-refractivity contribution is 7.08. The Bertz CT molecular complexity index is 277. The van der Waals surface area contributed by atoms with Crippen molar-refractivity contribution in [1.82, 2.24) is 0 Å². The molecular weight excluding hydrogens is 184 g/mol. The first-order chi connectivity index (χ1) is 6.27. The van der Waals surface area contributed by atoms with E-state index in [1.54, 1.807) is 6.07 Å². The van der Waals surface area contributed by atoms with Crippen LogP contribution in [-0.4, -0.2) is 12.1 Å². The molecule has 0 aliphatic heterocycles. The van der Waals surface area contributed by atoms with E-state index in [0.717, 1.165) is 18.3 Å². The van der Waals surface area contributed by atoms with E-state index in [-0.39, 0.29) is 11.7 Å². The Morgan fingerprint density at radius 3 is 2.92 bits per heavy atom. The fourth-order valence-corrected chi connectivity index (χ4v) is 1.73. The van der Waals surface area contributed by atoms with Crippen molar-refractivity contribution >= 4 is 23.4 Å². The highest BCUT2D eigenvalue weighted by Crippen LogP contribution is 2.13. The van der Waals surface area contributed by atoms with Crippen molar-refractivity contribution in [3.05, 3.63) is 22.4 Å². The Labute approximate surface area is 81.6 Å². The zero-order chi connectivity index (χ0) is 9.68.